The lowest BCUT2D eigenvalue weighted by molar-refractivity contribution is 0.760. The van der Waals surface area contributed by atoms with Crippen LogP contribution in [0.3, 0.4) is 0 Å². The molecular formula is C13H14N7+. The topological polar surface area (TPSA) is 72.3 Å². The fourth-order valence-electron chi connectivity index (χ4n) is 2.19. The molecule has 3 heterocycles. The summed E-state index contributed by atoms with van der Waals surface area (Å²) in [6.07, 6.45) is 3.36. The second kappa shape index (κ2) is 4.74. The van der Waals surface area contributed by atoms with Crippen LogP contribution in [-0.4, -0.2) is 31.9 Å². The molecule has 1 aliphatic heterocycles. The zero-order chi connectivity index (χ0) is 14.1. The van der Waals surface area contributed by atoms with Crippen molar-refractivity contribution >= 4 is 28.4 Å². The van der Waals surface area contributed by atoms with Gasteiger partial charge in [-0.3, -0.25) is 4.99 Å². The van der Waals surface area contributed by atoms with Crippen LogP contribution in [0.25, 0.3) is 21.6 Å². The summed E-state index contributed by atoms with van der Waals surface area (Å²) in [5.41, 5.74) is 2.34. The molecule has 0 saturated heterocycles. The van der Waals surface area contributed by atoms with Gasteiger partial charge in [0.05, 0.1) is 12.4 Å². The number of amidine groups is 1. The Labute approximate surface area is 115 Å². The van der Waals surface area contributed by atoms with Crippen LogP contribution in [0.4, 0.5) is 5.82 Å². The third kappa shape index (κ3) is 1.82. The van der Waals surface area contributed by atoms with Crippen LogP contribution in [-0.2, 0) is 6.54 Å². The Bertz CT molecular complexity index is 776. The molecule has 0 unspecified atom stereocenters. The number of nitrogens with zero attached hydrogens (tertiary/aromatic N) is 6. The normalized spacial score (nSPS) is 14.4. The minimum atomic E-state index is 0.396. The smallest absolute Gasteiger partial charge is 0.350 e. The number of nitrogens with one attached hydrogen (secondary N) is 1. The number of imidazole rings is 1. The van der Waals surface area contributed by atoms with Crippen molar-refractivity contribution in [3.05, 3.63) is 23.2 Å². The van der Waals surface area contributed by atoms with Gasteiger partial charge in [0.25, 0.3) is 0 Å². The summed E-state index contributed by atoms with van der Waals surface area (Å²) < 4.78 is 2.01. The quantitative estimate of drug-likeness (QED) is 0.901. The Morgan fingerprint density at radius 1 is 1.45 bits per heavy atom. The average Bonchev–Trinajstić information content (AvgIpc) is 2.86. The molecule has 20 heavy (non-hydrogen) atoms. The Morgan fingerprint density at radius 3 is 2.95 bits per heavy atom. The van der Waals surface area contributed by atoms with Gasteiger partial charge in [-0.1, -0.05) is 0 Å². The molecule has 3 rings (SSSR count). The highest BCUT2D eigenvalue weighted by Crippen LogP contribution is 2.26. The molecule has 1 aliphatic rings. The van der Waals surface area contributed by atoms with Gasteiger partial charge in [-0.15, -0.1) is 0 Å². The van der Waals surface area contributed by atoms with E-state index in [0.29, 0.717) is 17.9 Å². The van der Waals surface area contributed by atoms with Crippen molar-refractivity contribution in [1.29, 1.82) is 0 Å². The Balaban J connectivity index is 2.19. The van der Waals surface area contributed by atoms with Gasteiger partial charge in [0.2, 0.25) is 11.8 Å². The lowest BCUT2D eigenvalue weighted by atomic mass is 10.2. The minimum Gasteiger partial charge on any atom is -0.350 e. The summed E-state index contributed by atoms with van der Waals surface area (Å²) in [6.45, 7) is 10.6. The second-order valence-corrected chi connectivity index (χ2v) is 4.39. The van der Waals surface area contributed by atoms with E-state index >= 15 is 0 Å². The number of rotatable bonds is 2. The monoisotopic (exact) mass is 268 g/mol. The van der Waals surface area contributed by atoms with Crippen LogP contribution in [0.1, 0.15) is 19.7 Å². The molecule has 0 aliphatic carbocycles. The molecule has 2 aromatic rings. The van der Waals surface area contributed by atoms with E-state index in [-0.39, 0.29) is 0 Å². The van der Waals surface area contributed by atoms with Crippen LogP contribution in [0.5, 0.6) is 0 Å². The number of aryl methyl sites for hydroxylation is 1. The maximum absolute atomic E-state index is 5.35. The first-order chi connectivity index (χ1) is 9.74. The molecule has 7 nitrogen and oxygen atoms in total. The van der Waals surface area contributed by atoms with Crippen LogP contribution in [0.2, 0.25) is 0 Å². The Morgan fingerprint density at radius 2 is 2.30 bits per heavy atom. The van der Waals surface area contributed by atoms with Gasteiger partial charge in [0, 0.05) is 18.3 Å². The molecule has 0 saturated carbocycles. The van der Waals surface area contributed by atoms with E-state index in [1.807, 2.05) is 24.6 Å². The van der Waals surface area contributed by atoms with Crippen molar-refractivity contribution in [3.63, 3.8) is 0 Å². The molecule has 0 atom stereocenters. The summed E-state index contributed by atoms with van der Waals surface area (Å²) in [7, 11) is 0. The van der Waals surface area contributed by atoms with Gasteiger partial charge in [-0.05, 0) is 18.8 Å². The van der Waals surface area contributed by atoms with E-state index in [1.54, 1.807) is 0 Å². The number of hydrogen-bond donors (Lipinski definition) is 1. The lowest BCUT2D eigenvalue weighted by Gasteiger charge is -2.13. The number of aliphatic imine (C=N–C) groups is 1. The van der Waals surface area contributed by atoms with Crippen molar-refractivity contribution in [2.24, 2.45) is 4.99 Å². The van der Waals surface area contributed by atoms with Crippen molar-refractivity contribution in [2.75, 3.05) is 6.54 Å². The number of hydrogen-bond acceptors (Lipinski definition) is 5. The molecule has 0 bridgehead atoms. The van der Waals surface area contributed by atoms with E-state index in [0.717, 1.165) is 29.4 Å². The van der Waals surface area contributed by atoms with Gasteiger partial charge < -0.3 is 9.88 Å². The van der Waals surface area contributed by atoms with Crippen molar-refractivity contribution < 1.29 is 0 Å². The fourth-order valence-corrected chi connectivity index (χ4v) is 2.19. The third-order valence-electron chi connectivity index (χ3n) is 3.18. The highest BCUT2D eigenvalue weighted by Gasteiger charge is 2.22. The van der Waals surface area contributed by atoms with E-state index in [9.17, 15) is 0 Å². The zero-order valence-electron chi connectivity index (χ0n) is 11.3. The summed E-state index contributed by atoms with van der Waals surface area (Å²) in [4.78, 5) is 20.9. The van der Waals surface area contributed by atoms with Crippen LogP contribution < -0.4 is 5.32 Å². The molecular weight excluding hydrogens is 254 g/mol. The van der Waals surface area contributed by atoms with Crippen LogP contribution >= 0.6 is 0 Å². The van der Waals surface area contributed by atoms with E-state index < -0.39 is 0 Å². The first-order valence-corrected chi connectivity index (χ1v) is 6.33. The summed E-state index contributed by atoms with van der Waals surface area (Å²) in [6, 6.07) is 0. The predicted molar refractivity (Wildman–Crippen MR) is 78.0 cm³/mol. The lowest BCUT2D eigenvalue weighted by Crippen LogP contribution is -2.20. The first kappa shape index (κ1) is 12.3. The highest BCUT2D eigenvalue weighted by molar-refractivity contribution is 5.89. The van der Waals surface area contributed by atoms with E-state index in [4.69, 9.17) is 6.57 Å². The van der Waals surface area contributed by atoms with E-state index in [2.05, 4.69) is 30.1 Å². The van der Waals surface area contributed by atoms with Crippen LogP contribution in [0.15, 0.2) is 17.5 Å². The second-order valence-electron chi connectivity index (χ2n) is 4.39. The van der Waals surface area contributed by atoms with Crippen molar-refractivity contribution in [2.45, 2.75) is 20.4 Å². The highest BCUT2D eigenvalue weighted by atomic mass is 15.2. The SMILES string of the molecule is C#[N+]c1ncnc2c1nc(C1=CNC(C)=NC1)n2CC. The zero-order valence-corrected chi connectivity index (χ0v) is 11.3. The van der Waals surface area contributed by atoms with E-state index in [1.165, 1.54) is 6.33 Å². The Hall–Kier alpha value is -2.75. The van der Waals surface area contributed by atoms with Gasteiger partial charge in [0.15, 0.2) is 5.65 Å². The molecule has 0 aromatic carbocycles. The fraction of sp³-hybridized carbons (Fsp3) is 0.308. The number of fused-ring (bicyclic) bond motifs is 1. The standard InChI is InChI=1S/C13H14N7/c1-4-20-12(9-5-15-8(2)16-6-9)19-10-11(14-3)17-7-18-13(10)20/h3,5,7H,4,6H2,1-2H3,(H,15,16)/q+1. The van der Waals surface area contributed by atoms with Crippen molar-refractivity contribution in [1.82, 2.24) is 24.8 Å². The summed E-state index contributed by atoms with van der Waals surface area (Å²) in [5, 5.41) is 3.11. The Kier molecular flexibility index (Phi) is 2.91. The molecule has 1 N–H and O–H groups in total. The molecule has 0 radical (unpaired) electrons. The molecule has 7 heteroatoms. The minimum absolute atomic E-state index is 0.396. The van der Waals surface area contributed by atoms with Crippen molar-refractivity contribution in [3.8, 4) is 6.57 Å². The van der Waals surface area contributed by atoms with Gasteiger partial charge in [-0.25, -0.2) is 4.98 Å². The predicted octanol–water partition coefficient (Wildman–Crippen LogP) is 1.80. The molecule has 100 valence electrons. The van der Waals surface area contributed by atoms with Crippen LogP contribution in [0, 0.1) is 6.57 Å². The molecule has 2 aromatic heterocycles. The summed E-state index contributed by atoms with van der Waals surface area (Å²) in [5.74, 6) is 2.11. The molecule has 0 fully saturated rings. The number of aromatic nitrogens is 4. The first-order valence-electron chi connectivity index (χ1n) is 6.33. The third-order valence-corrected chi connectivity index (χ3v) is 3.18. The molecule has 0 amide bonds. The average molecular weight is 268 g/mol. The van der Waals surface area contributed by atoms with Gasteiger partial charge >= 0.3 is 5.82 Å². The van der Waals surface area contributed by atoms with Gasteiger partial charge in [-0.2, -0.15) is 9.83 Å². The largest absolute Gasteiger partial charge is 0.456 e. The molecule has 0 spiro atoms. The maximum atomic E-state index is 5.35. The van der Waals surface area contributed by atoms with Gasteiger partial charge in [0.1, 0.15) is 12.4 Å². The summed E-state index contributed by atoms with van der Waals surface area (Å²) >= 11 is 0. The maximum Gasteiger partial charge on any atom is 0.456 e.